The second-order valence-corrected chi connectivity index (χ2v) is 16.5. The first-order valence-corrected chi connectivity index (χ1v) is 23.5. The fourth-order valence-electron chi connectivity index (χ4n) is 6.49. The summed E-state index contributed by atoms with van der Waals surface area (Å²) >= 11 is 0. The Kier molecular flexibility index (Phi) is 38.4. The van der Waals surface area contributed by atoms with Gasteiger partial charge < -0.3 is 26.2 Å². The van der Waals surface area contributed by atoms with E-state index in [1.165, 1.54) is 141 Å². The Hall–Kier alpha value is -1.06. The highest BCUT2D eigenvalue weighted by molar-refractivity contribution is 7.47. The average molecular weight is 773 g/mol. The average Bonchev–Trinajstić information content (AvgIpc) is 3.13. The number of carbonyl (C=O) groups is 1. The van der Waals surface area contributed by atoms with E-state index in [1.807, 2.05) is 6.08 Å². The summed E-state index contributed by atoms with van der Waals surface area (Å²) in [6, 6.07) is -0.995. The molecule has 0 saturated heterocycles. The zero-order valence-corrected chi connectivity index (χ0v) is 35.3. The van der Waals surface area contributed by atoms with Crippen LogP contribution >= 0.6 is 7.82 Å². The monoisotopic (exact) mass is 773 g/mol. The molecule has 0 aromatic heterocycles. The molecular formula is C43H85N2O7P. The number of aliphatic hydroxyl groups is 2. The third kappa shape index (κ3) is 37.6. The van der Waals surface area contributed by atoms with E-state index < -0.39 is 38.6 Å². The van der Waals surface area contributed by atoms with Crippen LogP contribution in [-0.2, 0) is 18.4 Å². The third-order valence-electron chi connectivity index (χ3n) is 9.83. The molecular weight excluding hydrogens is 687 g/mol. The van der Waals surface area contributed by atoms with Crippen LogP contribution in [0.4, 0.5) is 0 Å². The van der Waals surface area contributed by atoms with Crippen molar-refractivity contribution in [1.82, 2.24) is 5.32 Å². The maximum absolute atomic E-state index is 12.8. The quantitative estimate of drug-likeness (QED) is 0.0234. The van der Waals surface area contributed by atoms with Gasteiger partial charge in [0.2, 0.25) is 5.91 Å². The number of phosphoric ester groups is 1. The first-order chi connectivity index (χ1) is 25.8. The predicted molar refractivity (Wildman–Crippen MR) is 223 cm³/mol. The molecule has 0 aliphatic rings. The molecule has 0 radical (unpaired) electrons. The van der Waals surface area contributed by atoms with Gasteiger partial charge in [0, 0.05) is 6.54 Å². The number of nitrogens with two attached hydrogens (primary N) is 1. The van der Waals surface area contributed by atoms with Gasteiger partial charge in [-0.1, -0.05) is 192 Å². The van der Waals surface area contributed by atoms with Crippen molar-refractivity contribution in [3.63, 3.8) is 0 Å². The van der Waals surface area contributed by atoms with Gasteiger partial charge in [-0.15, -0.1) is 0 Å². The number of carbonyl (C=O) groups excluding carboxylic acids is 1. The molecule has 10 heteroatoms. The molecule has 0 aliphatic heterocycles. The van der Waals surface area contributed by atoms with E-state index in [-0.39, 0.29) is 19.6 Å². The van der Waals surface area contributed by atoms with E-state index >= 15 is 0 Å². The summed E-state index contributed by atoms with van der Waals surface area (Å²) in [5, 5.41) is 24.0. The van der Waals surface area contributed by atoms with Crippen LogP contribution in [0.25, 0.3) is 0 Å². The number of rotatable bonds is 41. The Labute approximate surface area is 326 Å². The number of hydrogen-bond acceptors (Lipinski definition) is 7. The summed E-state index contributed by atoms with van der Waals surface area (Å²) in [5.41, 5.74) is 5.36. The first kappa shape index (κ1) is 51.9. The Balaban J connectivity index is 4.36. The number of hydrogen-bond donors (Lipinski definition) is 5. The van der Waals surface area contributed by atoms with Crippen LogP contribution in [0, 0.1) is 0 Å². The molecule has 0 rings (SSSR count). The molecule has 0 saturated carbocycles. The molecule has 0 heterocycles. The molecule has 53 heavy (non-hydrogen) atoms. The predicted octanol–water partition coefficient (Wildman–Crippen LogP) is 11.1. The van der Waals surface area contributed by atoms with Crippen molar-refractivity contribution in [2.75, 3.05) is 19.8 Å². The van der Waals surface area contributed by atoms with Gasteiger partial charge in [0.05, 0.1) is 37.9 Å². The molecule has 4 unspecified atom stereocenters. The van der Waals surface area contributed by atoms with Gasteiger partial charge in [0.25, 0.3) is 0 Å². The molecule has 1 amide bonds. The minimum atomic E-state index is -4.40. The molecule has 0 aromatic rings. The van der Waals surface area contributed by atoms with Crippen LogP contribution in [0.5, 0.6) is 0 Å². The Morgan fingerprint density at radius 2 is 1.08 bits per heavy atom. The van der Waals surface area contributed by atoms with Crippen molar-refractivity contribution in [2.24, 2.45) is 5.73 Å². The van der Waals surface area contributed by atoms with Gasteiger partial charge >= 0.3 is 7.82 Å². The molecule has 0 spiro atoms. The van der Waals surface area contributed by atoms with Gasteiger partial charge in [0.1, 0.15) is 0 Å². The van der Waals surface area contributed by atoms with Crippen LogP contribution in [0.3, 0.4) is 0 Å². The van der Waals surface area contributed by atoms with Crippen molar-refractivity contribution in [3.05, 3.63) is 24.3 Å². The minimum Gasteiger partial charge on any atom is -0.393 e. The van der Waals surface area contributed by atoms with E-state index in [0.717, 1.165) is 32.1 Å². The molecule has 0 aliphatic carbocycles. The summed E-state index contributed by atoms with van der Waals surface area (Å²) in [6.07, 6.45) is 41.2. The molecule has 0 aromatic carbocycles. The second kappa shape index (κ2) is 39.2. The van der Waals surface area contributed by atoms with Crippen LogP contribution < -0.4 is 11.1 Å². The Morgan fingerprint density at radius 1 is 0.642 bits per heavy atom. The lowest BCUT2D eigenvalue weighted by Crippen LogP contribution is -2.46. The highest BCUT2D eigenvalue weighted by atomic mass is 31.2. The largest absolute Gasteiger partial charge is 0.472 e. The van der Waals surface area contributed by atoms with Gasteiger partial charge in [-0.3, -0.25) is 13.8 Å². The van der Waals surface area contributed by atoms with E-state index in [4.69, 9.17) is 14.8 Å². The Morgan fingerprint density at radius 3 is 1.57 bits per heavy atom. The standard InChI is InChI=1S/C43H85N2O7P/c1-3-5-7-9-11-13-15-17-19-21-23-25-27-29-31-33-35-42(47)41(39-52-53(49,50)51-37-36-44)45-43(48)38-40(46)34-32-30-28-26-24-22-20-18-16-14-12-10-8-6-4-2/h25,27,33,35,40-42,46-47H,3-24,26,28-32,34,36-39,44H2,1-2H3,(H,45,48)(H,49,50)/b27-25+,35-33+. The lowest BCUT2D eigenvalue weighted by Gasteiger charge is -2.24. The van der Waals surface area contributed by atoms with E-state index in [0.29, 0.717) is 12.8 Å². The van der Waals surface area contributed by atoms with Crippen molar-refractivity contribution < 1.29 is 33.5 Å². The number of phosphoric acid groups is 1. The summed E-state index contributed by atoms with van der Waals surface area (Å²) in [4.78, 5) is 22.7. The lowest BCUT2D eigenvalue weighted by atomic mass is 10.0. The van der Waals surface area contributed by atoms with Gasteiger partial charge in [-0.25, -0.2) is 4.57 Å². The van der Waals surface area contributed by atoms with Crippen molar-refractivity contribution in [3.8, 4) is 0 Å². The summed E-state index contributed by atoms with van der Waals surface area (Å²) < 4.78 is 22.1. The van der Waals surface area contributed by atoms with E-state index in [2.05, 4.69) is 31.3 Å². The van der Waals surface area contributed by atoms with Crippen LogP contribution in [0.15, 0.2) is 24.3 Å². The smallest absolute Gasteiger partial charge is 0.393 e. The topological polar surface area (TPSA) is 151 Å². The van der Waals surface area contributed by atoms with Crippen LogP contribution in [-0.4, -0.2) is 59.0 Å². The highest BCUT2D eigenvalue weighted by Crippen LogP contribution is 2.43. The number of allylic oxidation sites excluding steroid dienone is 3. The molecule has 9 nitrogen and oxygen atoms in total. The van der Waals surface area contributed by atoms with Crippen molar-refractivity contribution in [2.45, 2.75) is 225 Å². The van der Waals surface area contributed by atoms with Gasteiger partial charge in [0.15, 0.2) is 0 Å². The SMILES string of the molecule is CCCCCCCCCCCC/C=C/CC/C=C/C(O)C(COP(=O)(O)OCCN)NC(=O)CC(O)CCCCCCCCCCCCCCCCC. The fraction of sp³-hybridized carbons (Fsp3) is 0.884. The summed E-state index contributed by atoms with van der Waals surface area (Å²) in [7, 11) is -4.40. The molecule has 6 N–H and O–H groups in total. The lowest BCUT2D eigenvalue weighted by molar-refractivity contribution is -0.124. The van der Waals surface area contributed by atoms with Crippen LogP contribution in [0.1, 0.15) is 206 Å². The third-order valence-corrected chi connectivity index (χ3v) is 10.8. The summed E-state index contributed by atoms with van der Waals surface area (Å²) in [5.74, 6) is -0.454. The zero-order chi connectivity index (χ0) is 39.1. The molecule has 0 fully saturated rings. The second-order valence-electron chi connectivity index (χ2n) is 15.1. The molecule has 4 atom stereocenters. The normalized spacial score (nSPS) is 14.9. The van der Waals surface area contributed by atoms with Crippen molar-refractivity contribution >= 4 is 13.7 Å². The highest BCUT2D eigenvalue weighted by Gasteiger charge is 2.27. The van der Waals surface area contributed by atoms with Gasteiger partial charge in [-0.2, -0.15) is 0 Å². The maximum Gasteiger partial charge on any atom is 0.472 e. The molecule has 0 bridgehead atoms. The maximum atomic E-state index is 12.8. The summed E-state index contributed by atoms with van der Waals surface area (Å²) in [6.45, 7) is 3.96. The van der Waals surface area contributed by atoms with E-state index in [9.17, 15) is 24.5 Å². The first-order valence-electron chi connectivity index (χ1n) is 22.0. The van der Waals surface area contributed by atoms with Crippen LogP contribution in [0.2, 0.25) is 0 Å². The zero-order valence-electron chi connectivity index (χ0n) is 34.4. The van der Waals surface area contributed by atoms with Gasteiger partial charge in [-0.05, 0) is 32.1 Å². The number of nitrogens with one attached hydrogen (secondary N) is 1. The van der Waals surface area contributed by atoms with Crippen molar-refractivity contribution in [1.29, 1.82) is 0 Å². The fourth-order valence-corrected chi connectivity index (χ4v) is 7.25. The minimum absolute atomic E-state index is 0.0460. The Bertz CT molecular complexity index is 904. The molecule has 314 valence electrons. The number of amides is 1. The number of aliphatic hydroxyl groups excluding tert-OH is 2. The number of unbranched alkanes of at least 4 members (excludes halogenated alkanes) is 25. The van der Waals surface area contributed by atoms with E-state index in [1.54, 1.807) is 6.08 Å².